The molecule has 0 aliphatic heterocycles. The smallest absolute Gasteiger partial charge is 0.772 e. The summed E-state index contributed by atoms with van der Waals surface area (Å²) in [5.74, 6) is 0. The zero-order valence-corrected chi connectivity index (χ0v) is 7.15. The van der Waals surface area contributed by atoms with Crippen LogP contribution < -0.4 is 24.0 Å². The minimum absolute atomic E-state index is 0. The molecule has 0 aliphatic carbocycles. The fourth-order valence-electron chi connectivity index (χ4n) is 0. The molecule has 0 aromatic heterocycles. The highest BCUT2D eigenvalue weighted by Gasteiger charge is 1.85. The summed E-state index contributed by atoms with van der Waals surface area (Å²) in [4.78, 5) is 0. The van der Waals surface area contributed by atoms with Gasteiger partial charge in [-0.05, 0) is 0 Å². The molecule has 0 saturated carbocycles. The van der Waals surface area contributed by atoms with Crippen molar-refractivity contribution in [3.05, 3.63) is 0 Å². The van der Waals surface area contributed by atoms with Gasteiger partial charge < -0.3 is 4.55 Å². The summed E-state index contributed by atoms with van der Waals surface area (Å²) in [5, 5.41) is -0.231. The Kier molecular flexibility index (Phi) is 7.66. The van der Waals surface area contributed by atoms with Crippen LogP contribution in [-0.2, 0) is 11.1 Å². The maximum Gasteiger partial charge on any atom is 1.00 e. The molecule has 0 aromatic carbocycles. The van der Waals surface area contributed by atoms with Crippen LogP contribution in [0.15, 0.2) is 0 Å². The molecule has 0 spiro atoms. The Hall–Kier alpha value is 0.840. The molecule has 0 rings (SSSR count). The lowest BCUT2D eigenvalue weighted by molar-refractivity contribution is -0.00000373. The van der Waals surface area contributed by atoms with Crippen molar-refractivity contribution in [1.29, 1.82) is 0 Å². The second kappa shape index (κ2) is 4.99. The van der Waals surface area contributed by atoms with E-state index in [0.717, 1.165) is 0 Å². The normalized spacial score (nSPS) is 13.1. The van der Waals surface area contributed by atoms with Gasteiger partial charge in [-0.1, -0.05) is 24.9 Å². The van der Waals surface area contributed by atoms with E-state index in [-0.39, 0.29) is 29.2 Å². The molecule has 44 valence electrons. The van der Waals surface area contributed by atoms with E-state index in [1.807, 2.05) is 0 Å². The van der Waals surface area contributed by atoms with E-state index >= 15 is 0 Å². The summed E-state index contributed by atoms with van der Waals surface area (Å²) >= 11 is -1.87. The lowest BCUT2D eigenvalue weighted by atomic mass is 10.6. The van der Waals surface area contributed by atoms with E-state index in [4.69, 9.17) is 0 Å². The van der Waals surface area contributed by atoms with Gasteiger partial charge in [0.15, 0.2) is 0 Å². The predicted octanol–water partition coefficient (Wildman–Crippen LogP) is -2.72. The molecule has 1 atom stereocenters. The average Bonchev–Trinajstić information content (AvgIpc) is 1.36. The summed E-state index contributed by atoms with van der Waals surface area (Å²) in [6.07, 6.45) is 0. The molecule has 1 unspecified atom stereocenters. The Morgan fingerprint density at radius 1 is 1.57 bits per heavy atom. The summed E-state index contributed by atoms with van der Waals surface area (Å²) in [7, 11) is 0. The van der Waals surface area contributed by atoms with Gasteiger partial charge in [0, 0.05) is 5.25 Å². The van der Waals surface area contributed by atoms with Crippen molar-refractivity contribution in [3.63, 3.8) is 0 Å². The molecule has 0 heterocycles. The first kappa shape index (κ1) is 10.8. The van der Waals surface area contributed by atoms with E-state index in [1.54, 1.807) is 13.8 Å². The van der Waals surface area contributed by atoms with E-state index in [9.17, 15) is 8.76 Å². The monoisotopic (exact) mass is 234 g/mol. The lowest BCUT2D eigenvalue weighted by Crippen LogP contribution is -3.00. The molecule has 0 aromatic rings. The van der Waals surface area contributed by atoms with Crippen LogP contribution in [0.3, 0.4) is 0 Å². The second-order valence-corrected chi connectivity index (χ2v) is 2.77. The van der Waals surface area contributed by atoms with Crippen LogP contribution in [-0.4, -0.2) is 14.0 Å². The minimum atomic E-state index is -1.87. The van der Waals surface area contributed by atoms with Crippen molar-refractivity contribution in [1.82, 2.24) is 0 Å². The summed E-state index contributed by atoms with van der Waals surface area (Å²) in [6, 6.07) is 0. The topological polar surface area (TPSA) is 40.1 Å². The van der Waals surface area contributed by atoms with Crippen molar-refractivity contribution in [2.75, 3.05) is 0 Å². The van der Waals surface area contributed by atoms with Crippen LogP contribution in [0.2, 0.25) is 0 Å². The quantitative estimate of drug-likeness (QED) is 0.365. The van der Waals surface area contributed by atoms with Crippen molar-refractivity contribution in [2.24, 2.45) is 0 Å². The molecule has 0 fully saturated rings. The van der Waals surface area contributed by atoms with E-state index in [0.29, 0.717) is 0 Å². The van der Waals surface area contributed by atoms with Gasteiger partial charge in [0.25, 0.3) is 0 Å². The zero-order chi connectivity index (χ0) is 5.15. The van der Waals surface area contributed by atoms with Gasteiger partial charge >= 0.3 is 24.0 Å². The highest BCUT2D eigenvalue weighted by Crippen LogP contribution is 1.84. The molecular weight excluding hydrogens is 227 g/mol. The van der Waals surface area contributed by atoms with Crippen LogP contribution in [0.1, 0.15) is 13.8 Å². The number of halogens is 1. The van der Waals surface area contributed by atoms with Gasteiger partial charge in [-0.2, -0.15) is 0 Å². The number of hydrogen-bond acceptors (Lipinski definition) is 2. The van der Waals surface area contributed by atoms with Gasteiger partial charge in [0.05, 0.1) is 0 Å². The summed E-state index contributed by atoms with van der Waals surface area (Å²) in [5.41, 5.74) is 0. The third-order valence-electron chi connectivity index (χ3n) is 0.385. The summed E-state index contributed by atoms with van der Waals surface area (Å²) in [6.45, 7) is 3.26. The van der Waals surface area contributed by atoms with Gasteiger partial charge in [0.2, 0.25) is 0 Å². The minimum Gasteiger partial charge on any atom is -0.772 e. The van der Waals surface area contributed by atoms with Crippen molar-refractivity contribution < 1.29 is 32.7 Å². The molecule has 0 amide bonds. The molecule has 2 radical (unpaired) electrons. The third kappa shape index (κ3) is 6.84. The Labute approximate surface area is 63.0 Å². The van der Waals surface area contributed by atoms with E-state index < -0.39 is 11.1 Å². The standard InChI is InChI=1S/C3H8O2S.I/c1-3(2)6(4)5;/h3H,1-2H3,(H,4,5);/q;+1/p-1. The van der Waals surface area contributed by atoms with Crippen LogP contribution in [0.4, 0.5) is 0 Å². The Morgan fingerprint density at radius 3 is 1.71 bits per heavy atom. The number of rotatable bonds is 1. The van der Waals surface area contributed by atoms with Crippen molar-refractivity contribution >= 4 is 11.1 Å². The van der Waals surface area contributed by atoms with Crippen LogP contribution in [0.5, 0.6) is 0 Å². The van der Waals surface area contributed by atoms with E-state index in [1.165, 1.54) is 0 Å². The maximum absolute atomic E-state index is 9.70. The fraction of sp³-hybridized carbons (Fsp3) is 1.00. The molecule has 7 heavy (non-hydrogen) atoms. The van der Waals surface area contributed by atoms with Gasteiger partial charge in [-0.15, -0.1) is 0 Å². The summed E-state index contributed by atoms with van der Waals surface area (Å²) < 4.78 is 19.4. The van der Waals surface area contributed by atoms with Crippen LogP contribution >= 0.6 is 0 Å². The lowest BCUT2D eigenvalue weighted by Gasteiger charge is -2.05. The highest BCUT2D eigenvalue weighted by atomic mass is 127. The first-order valence-electron chi connectivity index (χ1n) is 1.72. The molecule has 4 heteroatoms. The largest absolute Gasteiger partial charge is 1.00 e. The van der Waals surface area contributed by atoms with Gasteiger partial charge in [0.1, 0.15) is 0 Å². The SMILES string of the molecule is CC(C)S(=O)[O-].[I+]. The van der Waals surface area contributed by atoms with E-state index in [2.05, 4.69) is 0 Å². The second-order valence-electron chi connectivity index (χ2n) is 1.31. The number of hydrogen-bond donors (Lipinski definition) is 0. The average molecular weight is 234 g/mol. The molecule has 2 nitrogen and oxygen atoms in total. The zero-order valence-electron chi connectivity index (χ0n) is 4.18. The third-order valence-corrected chi connectivity index (χ3v) is 1.15. The molecule has 0 saturated heterocycles. The highest BCUT2D eigenvalue weighted by molar-refractivity contribution is 7.79. The first-order chi connectivity index (χ1) is 2.64. The molecule has 0 aliphatic rings. The molecule has 0 bridgehead atoms. The molecular formula is C3H7IO2S. The predicted molar refractivity (Wildman–Crippen MR) is 24.1 cm³/mol. The fourth-order valence-corrected chi connectivity index (χ4v) is 0. The van der Waals surface area contributed by atoms with Gasteiger partial charge in [-0.25, -0.2) is 0 Å². The first-order valence-corrected chi connectivity index (χ1v) is 2.86. The Bertz CT molecular complexity index is 64.0. The van der Waals surface area contributed by atoms with Crippen molar-refractivity contribution in [3.8, 4) is 0 Å². The van der Waals surface area contributed by atoms with Crippen molar-refractivity contribution in [2.45, 2.75) is 19.1 Å². The van der Waals surface area contributed by atoms with Crippen LogP contribution in [0, 0.1) is 0 Å². The Balaban J connectivity index is 0. The van der Waals surface area contributed by atoms with Crippen LogP contribution in [0.25, 0.3) is 0 Å². The Morgan fingerprint density at radius 2 is 1.71 bits per heavy atom. The maximum atomic E-state index is 9.70. The van der Waals surface area contributed by atoms with Gasteiger partial charge in [-0.3, -0.25) is 4.21 Å². The molecule has 0 N–H and O–H groups in total.